The summed E-state index contributed by atoms with van der Waals surface area (Å²) in [4.78, 5) is 11.9. The van der Waals surface area contributed by atoms with Crippen LogP contribution < -0.4 is 15.2 Å². The molecule has 0 aromatic heterocycles. The van der Waals surface area contributed by atoms with Gasteiger partial charge in [-0.1, -0.05) is 18.2 Å². The van der Waals surface area contributed by atoms with Crippen molar-refractivity contribution >= 4 is 27.7 Å². The molecule has 0 aliphatic heterocycles. The second-order valence-corrected chi connectivity index (χ2v) is 6.20. The maximum Gasteiger partial charge on any atom is 0.248 e. The maximum atomic E-state index is 11.9. The predicted molar refractivity (Wildman–Crippen MR) is 88.5 cm³/mol. The smallest absolute Gasteiger partial charge is 0.248 e. The minimum Gasteiger partial charge on any atom is -0.496 e. The van der Waals surface area contributed by atoms with Gasteiger partial charge in [-0.15, -0.1) is 0 Å². The van der Waals surface area contributed by atoms with E-state index in [0.717, 1.165) is 5.56 Å². The van der Waals surface area contributed by atoms with Crippen LogP contribution in [-0.2, 0) is 14.8 Å². The molecule has 0 unspecified atom stereocenters. The lowest BCUT2D eigenvalue weighted by Crippen LogP contribution is -2.12. The Labute approximate surface area is 134 Å². The molecular formula is C16H16N2O4S. The number of anilines is 1. The molecule has 0 atom stereocenters. The Hall–Kier alpha value is -2.64. The third kappa shape index (κ3) is 4.67. The van der Waals surface area contributed by atoms with Crippen molar-refractivity contribution in [3.05, 3.63) is 60.2 Å². The van der Waals surface area contributed by atoms with Crippen LogP contribution in [0.15, 0.2) is 59.5 Å². The topological polar surface area (TPSA) is 98.5 Å². The molecule has 0 radical (unpaired) electrons. The van der Waals surface area contributed by atoms with Crippen LogP contribution in [0.5, 0.6) is 5.75 Å². The Kier molecular flexibility index (Phi) is 5.15. The molecule has 0 fully saturated rings. The normalized spacial score (nSPS) is 11.4. The van der Waals surface area contributed by atoms with Gasteiger partial charge < -0.3 is 10.1 Å². The monoisotopic (exact) mass is 332 g/mol. The number of amides is 1. The first-order chi connectivity index (χ1) is 10.9. The summed E-state index contributed by atoms with van der Waals surface area (Å²) in [5, 5.41) is 7.64. The Morgan fingerprint density at radius 3 is 2.39 bits per heavy atom. The van der Waals surface area contributed by atoms with Gasteiger partial charge in [-0.2, -0.15) is 0 Å². The van der Waals surface area contributed by atoms with E-state index in [1.807, 2.05) is 18.2 Å². The number of sulfonamides is 1. The number of hydrogen-bond donors (Lipinski definition) is 2. The number of benzene rings is 2. The third-order valence-electron chi connectivity index (χ3n) is 3.00. The number of rotatable bonds is 5. The summed E-state index contributed by atoms with van der Waals surface area (Å²) in [6, 6.07) is 12.9. The van der Waals surface area contributed by atoms with E-state index in [0.29, 0.717) is 11.4 Å². The van der Waals surface area contributed by atoms with Crippen LogP contribution in [0.2, 0.25) is 0 Å². The zero-order chi connectivity index (χ0) is 16.9. The molecule has 3 N–H and O–H groups in total. The minimum absolute atomic E-state index is 0.0138. The van der Waals surface area contributed by atoms with E-state index < -0.39 is 10.0 Å². The molecule has 23 heavy (non-hydrogen) atoms. The summed E-state index contributed by atoms with van der Waals surface area (Å²) < 4.78 is 27.5. The lowest BCUT2D eigenvalue weighted by atomic mass is 10.2. The first-order valence-corrected chi connectivity index (χ1v) is 8.20. The maximum absolute atomic E-state index is 11.9. The molecule has 120 valence electrons. The van der Waals surface area contributed by atoms with Gasteiger partial charge in [-0.05, 0) is 36.4 Å². The summed E-state index contributed by atoms with van der Waals surface area (Å²) in [6.07, 6.45) is 3.00. The van der Waals surface area contributed by atoms with Crippen LogP contribution in [0.25, 0.3) is 6.08 Å². The van der Waals surface area contributed by atoms with Crippen molar-refractivity contribution in [1.82, 2.24) is 0 Å². The molecule has 2 aromatic carbocycles. The molecular weight excluding hydrogens is 316 g/mol. The van der Waals surface area contributed by atoms with Crippen LogP contribution >= 0.6 is 0 Å². The SMILES string of the molecule is COc1ccccc1/C=C/C(=O)Nc1ccc(S(N)(=O)=O)cc1. The molecule has 0 spiro atoms. The van der Waals surface area contributed by atoms with Crippen LogP contribution in [0.4, 0.5) is 5.69 Å². The van der Waals surface area contributed by atoms with Gasteiger partial charge in [-0.3, -0.25) is 4.79 Å². The Balaban J connectivity index is 2.06. The highest BCUT2D eigenvalue weighted by Gasteiger charge is 2.07. The van der Waals surface area contributed by atoms with Gasteiger partial charge in [0.2, 0.25) is 15.9 Å². The number of carbonyl (C=O) groups is 1. The van der Waals surface area contributed by atoms with Crippen LogP contribution in [0.3, 0.4) is 0 Å². The molecule has 0 bridgehead atoms. The third-order valence-corrected chi connectivity index (χ3v) is 3.93. The molecule has 1 amide bonds. The van der Waals surface area contributed by atoms with Gasteiger partial charge in [0.1, 0.15) is 5.75 Å². The van der Waals surface area contributed by atoms with E-state index in [1.54, 1.807) is 19.3 Å². The number of para-hydroxylation sites is 1. The van der Waals surface area contributed by atoms with E-state index in [2.05, 4.69) is 5.32 Å². The van der Waals surface area contributed by atoms with Gasteiger partial charge in [0.25, 0.3) is 0 Å². The van der Waals surface area contributed by atoms with Crippen molar-refractivity contribution in [2.75, 3.05) is 12.4 Å². The summed E-state index contributed by atoms with van der Waals surface area (Å²) >= 11 is 0. The summed E-state index contributed by atoms with van der Waals surface area (Å²) in [6.45, 7) is 0. The summed E-state index contributed by atoms with van der Waals surface area (Å²) in [5.74, 6) is 0.313. The number of nitrogens with two attached hydrogens (primary N) is 1. The fourth-order valence-corrected chi connectivity index (χ4v) is 2.40. The molecule has 0 heterocycles. The summed E-state index contributed by atoms with van der Waals surface area (Å²) in [7, 11) is -2.19. The van der Waals surface area contributed by atoms with Crippen molar-refractivity contribution < 1.29 is 17.9 Å². The number of methoxy groups -OCH3 is 1. The van der Waals surface area contributed by atoms with E-state index in [1.165, 1.54) is 30.3 Å². The van der Waals surface area contributed by atoms with Gasteiger partial charge in [-0.25, -0.2) is 13.6 Å². The lowest BCUT2D eigenvalue weighted by Gasteiger charge is -2.05. The van der Waals surface area contributed by atoms with Crippen molar-refractivity contribution in [2.45, 2.75) is 4.90 Å². The van der Waals surface area contributed by atoms with Gasteiger partial charge in [0.05, 0.1) is 12.0 Å². The number of hydrogen-bond acceptors (Lipinski definition) is 4. The van der Waals surface area contributed by atoms with Crippen LogP contribution in [0, 0.1) is 0 Å². The second kappa shape index (κ2) is 7.08. The van der Waals surface area contributed by atoms with Crippen molar-refractivity contribution in [3.8, 4) is 5.75 Å². The van der Waals surface area contributed by atoms with E-state index in [9.17, 15) is 13.2 Å². The molecule has 0 aliphatic carbocycles. The highest BCUT2D eigenvalue weighted by molar-refractivity contribution is 7.89. The summed E-state index contributed by atoms with van der Waals surface area (Å²) in [5.41, 5.74) is 1.24. The first kappa shape index (κ1) is 16.7. The second-order valence-electron chi connectivity index (χ2n) is 4.63. The zero-order valence-electron chi connectivity index (χ0n) is 12.4. The molecule has 2 aromatic rings. The number of carbonyl (C=O) groups excluding carboxylic acids is 1. The van der Waals surface area contributed by atoms with Crippen LogP contribution in [-0.4, -0.2) is 21.4 Å². The van der Waals surface area contributed by atoms with Crippen molar-refractivity contribution in [3.63, 3.8) is 0 Å². The number of ether oxygens (including phenoxy) is 1. The van der Waals surface area contributed by atoms with Gasteiger partial charge >= 0.3 is 0 Å². The molecule has 0 saturated carbocycles. The zero-order valence-corrected chi connectivity index (χ0v) is 13.2. The molecule has 6 nitrogen and oxygen atoms in total. The lowest BCUT2D eigenvalue weighted by molar-refractivity contribution is -0.111. The first-order valence-electron chi connectivity index (χ1n) is 6.65. The van der Waals surface area contributed by atoms with E-state index in [4.69, 9.17) is 9.88 Å². The highest BCUT2D eigenvalue weighted by atomic mass is 32.2. The Bertz CT molecular complexity index is 827. The molecule has 0 aliphatic rings. The van der Waals surface area contributed by atoms with E-state index in [-0.39, 0.29) is 10.8 Å². The Morgan fingerprint density at radius 2 is 1.78 bits per heavy atom. The molecule has 0 saturated heterocycles. The average Bonchev–Trinajstić information content (AvgIpc) is 2.53. The average molecular weight is 332 g/mol. The quantitative estimate of drug-likeness (QED) is 0.818. The predicted octanol–water partition coefficient (Wildman–Crippen LogP) is 1.99. The fourth-order valence-electron chi connectivity index (χ4n) is 1.88. The molecule has 7 heteroatoms. The largest absolute Gasteiger partial charge is 0.496 e. The molecule has 2 rings (SSSR count). The van der Waals surface area contributed by atoms with Crippen molar-refractivity contribution in [1.29, 1.82) is 0 Å². The standard InChI is InChI=1S/C16H16N2O4S/c1-22-15-5-3-2-4-12(15)6-11-16(19)18-13-7-9-14(10-8-13)23(17,20)21/h2-11H,1H3,(H,18,19)(H2,17,20,21)/b11-6+. The Morgan fingerprint density at radius 1 is 1.13 bits per heavy atom. The highest BCUT2D eigenvalue weighted by Crippen LogP contribution is 2.19. The fraction of sp³-hybridized carbons (Fsp3) is 0.0625. The van der Waals surface area contributed by atoms with Crippen molar-refractivity contribution in [2.24, 2.45) is 5.14 Å². The van der Waals surface area contributed by atoms with Crippen LogP contribution in [0.1, 0.15) is 5.56 Å². The van der Waals surface area contributed by atoms with Gasteiger partial charge in [0, 0.05) is 17.3 Å². The minimum atomic E-state index is -3.74. The van der Waals surface area contributed by atoms with Gasteiger partial charge in [0.15, 0.2) is 0 Å². The number of primary sulfonamides is 1. The van der Waals surface area contributed by atoms with E-state index >= 15 is 0 Å². The number of nitrogens with one attached hydrogen (secondary N) is 1.